The first-order valence-corrected chi connectivity index (χ1v) is 7.76. The molecule has 0 saturated carbocycles. The average molecular weight is 305 g/mol. The van der Waals surface area contributed by atoms with Crippen LogP contribution in [0.2, 0.25) is 0 Å². The number of carbonyl (C=O) groups excluding carboxylic acids is 1. The van der Waals surface area contributed by atoms with E-state index in [2.05, 4.69) is 0 Å². The Morgan fingerprint density at radius 2 is 2.05 bits per heavy atom. The molecule has 2 unspecified atom stereocenters. The van der Waals surface area contributed by atoms with Crippen molar-refractivity contribution in [2.24, 2.45) is 5.92 Å². The summed E-state index contributed by atoms with van der Waals surface area (Å²) in [5.74, 6) is -0.376. The Labute approximate surface area is 130 Å². The molecule has 1 aromatic rings. The third-order valence-electron chi connectivity index (χ3n) is 4.18. The van der Waals surface area contributed by atoms with Gasteiger partial charge in [-0.3, -0.25) is 14.5 Å². The SMILES string of the molecule is CCOc1ccc(C(=O)C(C)N2CCCC(C(=O)O)C2)cc1. The molecular formula is C17H23NO4. The topological polar surface area (TPSA) is 66.8 Å². The highest BCUT2D eigenvalue weighted by atomic mass is 16.5. The van der Waals surface area contributed by atoms with E-state index in [-0.39, 0.29) is 17.7 Å². The number of likely N-dealkylation sites (tertiary alicyclic amines) is 1. The Hall–Kier alpha value is -1.88. The van der Waals surface area contributed by atoms with Crippen molar-refractivity contribution in [3.63, 3.8) is 0 Å². The minimum Gasteiger partial charge on any atom is -0.494 e. The van der Waals surface area contributed by atoms with E-state index in [0.29, 0.717) is 25.1 Å². The van der Waals surface area contributed by atoms with Gasteiger partial charge in [0.05, 0.1) is 18.6 Å². The lowest BCUT2D eigenvalue weighted by Crippen LogP contribution is -2.46. The fourth-order valence-electron chi connectivity index (χ4n) is 2.85. The molecule has 0 radical (unpaired) electrons. The number of piperidine rings is 1. The van der Waals surface area contributed by atoms with Crippen LogP contribution in [0.3, 0.4) is 0 Å². The number of rotatable bonds is 6. The lowest BCUT2D eigenvalue weighted by molar-refractivity contribution is -0.143. The molecule has 1 heterocycles. The highest BCUT2D eigenvalue weighted by molar-refractivity contribution is 6.00. The second-order valence-corrected chi connectivity index (χ2v) is 5.67. The van der Waals surface area contributed by atoms with Gasteiger partial charge in [0.25, 0.3) is 0 Å². The largest absolute Gasteiger partial charge is 0.494 e. The normalized spacial score (nSPS) is 20.4. The monoisotopic (exact) mass is 305 g/mol. The number of carbonyl (C=O) groups is 2. The van der Waals surface area contributed by atoms with Crippen LogP contribution < -0.4 is 4.74 Å². The van der Waals surface area contributed by atoms with Crippen LogP contribution in [0.15, 0.2) is 24.3 Å². The molecule has 0 aliphatic carbocycles. The smallest absolute Gasteiger partial charge is 0.307 e. The Balaban J connectivity index is 2.03. The summed E-state index contributed by atoms with van der Waals surface area (Å²) in [5.41, 5.74) is 0.633. The van der Waals surface area contributed by atoms with E-state index in [9.17, 15) is 9.59 Å². The number of carboxylic acids is 1. The molecule has 0 bridgehead atoms. The predicted molar refractivity (Wildman–Crippen MR) is 83.3 cm³/mol. The van der Waals surface area contributed by atoms with E-state index >= 15 is 0 Å². The van der Waals surface area contributed by atoms with Crippen LogP contribution in [0.25, 0.3) is 0 Å². The summed E-state index contributed by atoms with van der Waals surface area (Å²) in [6, 6.07) is 6.81. The maximum Gasteiger partial charge on any atom is 0.307 e. The second-order valence-electron chi connectivity index (χ2n) is 5.67. The lowest BCUT2D eigenvalue weighted by atomic mass is 9.95. The standard InChI is InChI=1S/C17H23NO4/c1-3-22-15-8-6-13(7-9-15)16(19)12(2)18-10-4-5-14(11-18)17(20)21/h6-9,12,14H,3-5,10-11H2,1-2H3,(H,20,21). The molecule has 22 heavy (non-hydrogen) atoms. The van der Waals surface area contributed by atoms with Gasteiger partial charge < -0.3 is 9.84 Å². The molecule has 1 aliphatic heterocycles. The van der Waals surface area contributed by atoms with Gasteiger partial charge in [-0.05, 0) is 57.5 Å². The molecule has 0 aromatic heterocycles. The van der Waals surface area contributed by atoms with Crippen LogP contribution in [0.4, 0.5) is 0 Å². The Bertz CT molecular complexity index is 526. The maximum atomic E-state index is 12.6. The molecule has 120 valence electrons. The summed E-state index contributed by atoms with van der Waals surface area (Å²) in [7, 11) is 0. The van der Waals surface area contributed by atoms with Gasteiger partial charge in [0.1, 0.15) is 5.75 Å². The molecule has 0 amide bonds. The highest BCUT2D eigenvalue weighted by Gasteiger charge is 2.30. The Kier molecular flexibility index (Phi) is 5.55. The van der Waals surface area contributed by atoms with Crippen molar-refractivity contribution >= 4 is 11.8 Å². The van der Waals surface area contributed by atoms with Crippen LogP contribution >= 0.6 is 0 Å². The zero-order valence-electron chi connectivity index (χ0n) is 13.1. The number of hydrogen-bond donors (Lipinski definition) is 1. The van der Waals surface area contributed by atoms with E-state index in [1.165, 1.54) is 0 Å². The van der Waals surface area contributed by atoms with Crippen molar-refractivity contribution in [1.82, 2.24) is 4.90 Å². The van der Waals surface area contributed by atoms with Crippen molar-refractivity contribution < 1.29 is 19.4 Å². The molecule has 2 atom stereocenters. The van der Waals surface area contributed by atoms with E-state index in [4.69, 9.17) is 9.84 Å². The molecule has 1 fully saturated rings. The number of Topliss-reactive ketones (excluding diaryl/α,β-unsaturated/α-hetero) is 1. The highest BCUT2D eigenvalue weighted by Crippen LogP contribution is 2.21. The summed E-state index contributed by atoms with van der Waals surface area (Å²) < 4.78 is 5.37. The van der Waals surface area contributed by atoms with E-state index in [1.54, 1.807) is 24.3 Å². The fourth-order valence-corrected chi connectivity index (χ4v) is 2.85. The third-order valence-corrected chi connectivity index (χ3v) is 4.18. The molecule has 1 aliphatic rings. The summed E-state index contributed by atoms with van der Waals surface area (Å²) in [6.45, 7) is 5.57. The minimum atomic E-state index is -0.773. The van der Waals surface area contributed by atoms with Gasteiger partial charge in [0.2, 0.25) is 0 Å². The van der Waals surface area contributed by atoms with Gasteiger partial charge in [0.15, 0.2) is 5.78 Å². The molecule has 2 rings (SSSR count). The number of aliphatic carboxylic acids is 1. The van der Waals surface area contributed by atoms with Gasteiger partial charge in [-0.15, -0.1) is 0 Å². The molecular weight excluding hydrogens is 282 g/mol. The Morgan fingerprint density at radius 3 is 2.64 bits per heavy atom. The van der Waals surface area contributed by atoms with Crippen LogP contribution in [0.1, 0.15) is 37.0 Å². The number of ether oxygens (including phenoxy) is 1. The molecule has 1 N–H and O–H groups in total. The summed E-state index contributed by atoms with van der Waals surface area (Å²) in [6.07, 6.45) is 1.51. The first-order chi connectivity index (χ1) is 10.5. The zero-order valence-corrected chi connectivity index (χ0v) is 13.1. The first kappa shape index (κ1) is 16.5. The van der Waals surface area contributed by atoms with Crippen molar-refractivity contribution in [3.8, 4) is 5.75 Å². The lowest BCUT2D eigenvalue weighted by Gasteiger charge is -2.34. The minimum absolute atomic E-state index is 0.0223. The second kappa shape index (κ2) is 7.40. The Morgan fingerprint density at radius 1 is 1.36 bits per heavy atom. The van der Waals surface area contributed by atoms with Crippen LogP contribution in [0, 0.1) is 5.92 Å². The number of benzene rings is 1. The van der Waals surface area contributed by atoms with Crippen LogP contribution in [-0.4, -0.2) is 47.5 Å². The first-order valence-electron chi connectivity index (χ1n) is 7.76. The van der Waals surface area contributed by atoms with Crippen molar-refractivity contribution in [2.45, 2.75) is 32.7 Å². The number of ketones is 1. The molecule has 5 nitrogen and oxygen atoms in total. The van der Waals surface area contributed by atoms with Gasteiger partial charge >= 0.3 is 5.97 Å². The quantitative estimate of drug-likeness (QED) is 0.818. The van der Waals surface area contributed by atoms with Crippen LogP contribution in [0.5, 0.6) is 5.75 Å². The molecule has 0 spiro atoms. The van der Waals surface area contributed by atoms with E-state index in [0.717, 1.165) is 18.7 Å². The fraction of sp³-hybridized carbons (Fsp3) is 0.529. The van der Waals surface area contributed by atoms with E-state index in [1.807, 2.05) is 18.7 Å². The molecule has 1 saturated heterocycles. The zero-order chi connectivity index (χ0) is 16.1. The molecule has 1 aromatic carbocycles. The summed E-state index contributed by atoms with van der Waals surface area (Å²) in [5, 5.41) is 9.15. The van der Waals surface area contributed by atoms with Crippen molar-refractivity contribution in [3.05, 3.63) is 29.8 Å². The third kappa shape index (κ3) is 3.85. The molecule has 5 heteroatoms. The van der Waals surface area contributed by atoms with Gasteiger partial charge in [0, 0.05) is 12.1 Å². The van der Waals surface area contributed by atoms with Crippen molar-refractivity contribution in [2.75, 3.05) is 19.7 Å². The van der Waals surface area contributed by atoms with Gasteiger partial charge in [-0.25, -0.2) is 0 Å². The van der Waals surface area contributed by atoms with Crippen molar-refractivity contribution in [1.29, 1.82) is 0 Å². The number of hydrogen-bond acceptors (Lipinski definition) is 4. The number of carboxylic acid groups (broad SMARTS) is 1. The maximum absolute atomic E-state index is 12.6. The summed E-state index contributed by atoms with van der Waals surface area (Å²) >= 11 is 0. The predicted octanol–water partition coefficient (Wildman–Crippen LogP) is 2.45. The van der Waals surface area contributed by atoms with E-state index < -0.39 is 5.97 Å². The number of nitrogens with zero attached hydrogens (tertiary/aromatic N) is 1. The van der Waals surface area contributed by atoms with Gasteiger partial charge in [-0.1, -0.05) is 0 Å². The average Bonchev–Trinajstić information content (AvgIpc) is 2.54. The summed E-state index contributed by atoms with van der Waals surface area (Å²) in [4.78, 5) is 25.7. The van der Waals surface area contributed by atoms with Crippen LogP contribution in [-0.2, 0) is 4.79 Å². The van der Waals surface area contributed by atoms with Gasteiger partial charge in [-0.2, -0.15) is 0 Å².